The summed E-state index contributed by atoms with van der Waals surface area (Å²) >= 11 is 6.25. The normalized spacial score (nSPS) is 39.8. The zero-order chi connectivity index (χ0) is 18.9. The molecule has 2 N–H and O–H groups in total. The van der Waals surface area contributed by atoms with E-state index < -0.39 is 27.6 Å². The second kappa shape index (κ2) is 4.92. The Hall–Kier alpha value is -2.72. The zero-order valence-electron chi connectivity index (χ0n) is 13.5. The van der Waals surface area contributed by atoms with Crippen molar-refractivity contribution in [2.75, 3.05) is 6.61 Å². The molecule has 0 radical (unpaired) electrons. The first-order chi connectivity index (χ1) is 12.3. The minimum atomic E-state index is -1.72. The highest BCUT2D eigenvalue weighted by Gasteiger charge is 2.94. The van der Waals surface area contributed by atoms with E-state index in [0.717, 1.165) is 0 Å². The maximum atomic E-state index is 11.1. The average molecular weight is 374 g/mol. The van der Waals surface area contributed by atoms with Gasteiger partial charge in [-0.1, -0.05) is 11.6 Å². The summed E-state index contributed by atoms with van der Waals surface area (Å²) in [6.07, 6.45) is -0.354. The van der Waals surface area contributed by atoms with E-state index in [4.69, 9.17) is 26.8 Å². The van der Waals surface area contributed by atoms with Crippen LogP contribution in [0.2, 0.25) is 5.02 Å². The van der Waals surface area contributed by atoms with Gasteiger partial charge in [0.1, 0.15) is 11.3 Å². The lowest BCUT2D eigenvalue weighted by atomic mass is 9.93. The lowest BCUT2D eigenvalue weighted by Crippen LogP contribution is -2.39. The van der Waals surface area contributed by atoms with Crippen LogP contribution in [-0.2, 0) is 9.47 Å². The summed E-state index contributed by atoms with van der Waals surface area (Å²) in [5, 5.41) is 31.3. The molecule has 26 heavy (non-hydrogen) atoms. The molecule has 2 aliphatic heterocycles. The van der Waals surface area contributed by atoms with Gasteiger partial charge in [-0.05, 0) is 18.6 Å². The van der Waals surface area contributed by atoms with Crippen LogP contribution in [0.15, 0.2) is 23.2 Å². The van der Waals surface area contributed by atoms with Crippen molar-refractivity contribution >= 4 is 23.1 Å². The third-order valence-corrected chi connectivity index (χ3v) is 5.65. The van der Waals surface area contributed by atoms with Gasteiger partial charge in [-0.2, -0.15) is 10.5 Å². The molecule has 1 spiro atoms. The molecule has 1 saturated carbocycles. The van der Waals surface area contributed by atoms with Crippen LogP contribution in [0.4, 0.5) is 5.69 Å². The summed E-state index contributed by atoms with van der Waals surface area (Å²) < 4.78 is 11.5. The van der Waals surface area contributed by atoms with Gasteiger partial charge in [-0.3, -0.25) is 10.1 Å². The van der Waals surface area contributed by atoms with Gasteiger partial charge in [0.15, 0.2) is 5.41 Å². The van der Waals surface area contributed by atoms with Gasteiger partial charge in [-0.15, -0.1) is 0 Å². The molecule has 0 amide bonds. The number of nitriles is 2. The predicted molar refractivity (Wildman–Crippen MR) is 87.8 cm³/mol. The maximum absolute atomic E-state index is 11.1. The van der Waals surface area contributed by atoms with E-state index in [1.165, 1.54) is 18.2 Å². The number of nitro benzene ring substituents is 1. The van der Waals surface area contributed by atoms with Crippen LogP contribution in [0, 0.1) is 43.6 Å². The molecule has 9 nitrogen and oxygen atoms in total. The first-order valence-electron chi connectivity index (χ1n) is 7.73. The van der Waals surface area contributed by atoms with E-state index in [9.17, 15) is 20.6 Å². The Morgan fingerprint density at radius 3 is 2.73 bits per heavy atom. The molecule has 3 aliphatic rings. The predicted octanol–water partition coefficient (Wildman–Crippen LogP) is 1.83. The van der Waals surface area contributed by atoms with Crippen molar-refractivity contribution in [1.29, 1.82) is 10.5 Å². The molecule has 2 fully saturated rings. The largest absolute Gasteiger partial charge is 0.386 e. The third kappa shape index (κ3) is 1.59. The van der Waals surface area contributed by atoms with E-state index in [1.807, 2.05) is 0 Å². The number of fused-ring (bicyclic) bond motifs is 2. The summed E-state index contributed by atoms with van der Waals surface area (Å²) in [7, 11) is 0. The fourth-order valence-electron chi connectivity index (χ4n) is 4.19. The molecule has 1 saturated heterocycles. The highest BCUT2D eigenvalue weighted by molar-refractivity contribution is 6.31. The van der Waals surface area contributed by atoms with Crippen molar-refractivity contribution in [2.24, 2.45) is 21.6 Å². The van der Waals surface area contributed by atoms with Crippen molar-refractivity contribution in [3.05, 3.63) is 38.9 Å². The highest BCUT2D eigenvalue weighted by Crippen LogP contribution is 2.83. The molecule has 0 bridgehead atoms. The highest BCUT2D eigenvalue weighted by atomic mass is 35.5. The molecule has 5 atom stereocenters. The second-order valence-electron chi connectivity index (χ2n) is 6.55. The summed E-state index contributed by atoms with van der Waals surface area (Å²) in [5.41, 5.74) is 3.02. The molecule has 0 aromatic heterocycles. The first kappa shape index (κ1) is 16.7. The number of ether oxygens (including phenoxy) is 2. The summed E-state index contributed by atoms with van der Waals surface area (Å²) in [5.74, 6) is -2.68. The van der Waals surface area contributed by atoms with Crippen LogP contribution in [0.1, 0.15) is 18.4 Å². The molecule has 5 unspecified atom stereocenters. The number of nitrogens with two attached hydrogens (primary N) is 1. The van der Waals surface area contributed by atoms with Crippen LogP contribution >= 0.6 is 11.6 Å². The number of rotatable bonds is 2. The number of hydrogen-bond donors (Lipinski definition) is 1. The van der Waals surface area contributed by atoms with E-state index >= 15 is 0 Å². The van der Waals surface area contributed by atoms with Crippen LogP contribution in [0.5, 0.6) is 0 Å². The number of amidine groups is 1. The number of hydrogen-bond acceptors (Lipinski definition) is 8. The monoisotopic (exact) mass is 373 g/mol. The van der Waals surface area contributed by atoms with Gasteiger partial charge >= 0.3 is 0 Å². The number of non-ortho nitro benzene ring substituents is 1. The van der Waals surface area contributed by atoms with Crippen LogP contribution in [0.25, 0.3) is 0 Å². The van der Waals surface area contributed by atoms with Gasteiger partial charge in [-0.25, -0.2) is 4.99 Å². The topological polar surface area (TPSA) is 148 Å². The Morgan fingerprint density at radius 2 is 2.19 bits per heavy atom. The molecule has 2 heterocycles. The molecule has 1 aliphatic carbocycles. The molecule has 1 aromatic carbocycles. The smallest absolute Gasteiger partial charge is 0.293 e. The number of benzene rings is 1. The molecule has 1 aromatic rings. The van der Waals surface area contributed by atoms with Gasteiger partial charge in [0.25, 0.3) is 11.6 Å². The van der Waals surface area contributed by atoms with E-state index in [1.54, 1.807) is 6.92 Å². The minimum Gasteiger partial charge on any atom is -0.386 e. The third-order valence-electron chi connectivity index (χ3n) is 5.30. The first-order valence-corrected chi connectivity index (χ1v) is 8.11. The van der Waals surface area contributed by atoms with Crippen molar-refractivity contribution in [1.82, 2.24) is 0 Å². The fraction of sp³-hybridized carbons (Fsp3) is 0.438. The van der Waals surface area contributed by atoms with Gasteiger partial charge in [0, 0.05) is 23.1 Å². The molecule has 4 rings (SSSR count). The average Bonchev–Trinajstić information content (AvgIpc) is 2.98. The fourth-order valence-corrected chi connectivity index (χ4v) is 4.42. The zero-order valence-corrected chi connectivity index (χ0v) is 14.2. The van der Waals surface area contributed by atoms with Crippen LogP contribution in [0.3, 0.4) is 0 Å². The Balaban J connectivity index is 1.94. The Morgan fingerprint density at radius 1 is 1.46 bits per heavy atom. The molecular formula is C16H12ClN5O4. The Bertz CT molecular complexity index is 968. The van der Waals surface area contributed by atoms with Crippen LogP contribution < -0.4 is 5.73 Å². The SMILES string of the molecule is CC1COC2(N=C(N)C3(C#N)C(c4cc([N+](=O)[O-])ccc4Cl)C23C#N)O1. The van der Waals surface area contributed by atoms with Gasteiger partial charge in [0.2, 0.25) is 0 Å². The van der Waals surface area contributed by atoms with Crippen LogP contribution in [-0.4, -0.2) is 29.4 Å². The van der Waals surface area contributed by atoms with Gasteiger partial charge in [0.05, 0.1) is 29.8 Å². The number of halogens is 1. The summed E-state index contributed by atoms with van der Waals surface area (Å²) in [4.78, 5) is 14.7. The molecule has 132 valence electrons. The number of aliphatic imine (C=N–C) groups is 1. The number of nitro groups is 1. The van der Waals surface area contributed by atoms with Crippen molar-refractivity contribution < 1.29 is 14.4 Å². The van der Waals surface area contributed by atoms with Crippen molar-refractivity contribution in [3.63, 3.8) is 0 Å². The van der Waals surface area contributed by atoms with Gasteiger partial charge < -0.3 is 15.2 Å². The second-order valence-corrected chi connectivity index (χ2v) is 6.96. The quantitative estimate of drug-likeness (QED) is 0.613. The Labute approximate surface area is 152 Å². The van der Waals surface area contributed by atoms with Crippen molar-refractivity contribution in [2.45, 2.75) is 24.9 Å². The molecule has 10 heteroatoms. The van der Waals surface area contributed by atoms with E-state index in [-0.39, 0.29) is 34.8 Å². The number of nitrogens with zero attached hydrogens (tertiary/aromatic N) is 4. The molecular weight excluding hydrogens is 362 g/mol. The minimum absolute atomic E-state index is 0.0942. The standard InChI is InChI=1S/C16H12ClN5O4/c1-8-5-25-16(26-8)15(7-19)12(14(15,6-18)13(20)21-16)10-4-9(22(23)24)2-3-11(10)17/h2-4,8,12H,5H2,1H3,(H2,20,21). The van der Waals surface area contributed by atoms with E-state index in [0.29, 0.717) is 0 Å². The van der Waals surface area contributed by atoms with E-state index in [2.05, 4.69) is 17.1 Å². The summed E-state index contributed by atoms with van der Waals surface area (Å²) in [6, 6.07) is 8.06. The summed E-state index contributed by atoms with van der Waals surface area (Å²) in [6.45, 7) is 1.92. The lowest BCUT2D eigenvalue weighted by molar-refractivity contribution is -0.384. The van der Waals surface area contributed by atoms with Crippen molar-refractivity contribution in [3.8, 4) is 12.1 Å². The Kier molecular flexibility index (Phi) is 3.17. The maximum Gasteiger partial charge on any atom is 0.293 e. The lowest BCUT2D eigenvalue weighted by Gasteiger charge is -2.26.